The van der Waals surface area contributed by atoms with Crippen molar-refractivity contribution in [2.45, 2.75) is 52.5 Å². The third kappa shape index (κ3) is 8.31. The second-order valence-corrected chi connectivity index (χ2v) is 5.69. The van der Waals surface area contributed by atoms with Crippen LogP contribution in [0.2, 0.25) is 0 Å². The van der Waals surface area contributed by atoms with Gasteiger partial charge in [0.15, 0.2) is 0 Å². The topological polar surface area (TPSA) is 75.4 Å². The molecule has 1 rings (SSSR count). The van der Waals surface area contributed by atoms with Gasteiger partial charge in [0, 0.05) is 32.1 Å². The lowest BCUT2D eigenvalue weighted by Gasteiger charge is -2.21. The Bertz CT molecular complexity index is 509. The van der Waals surface area contributed by atoms with Gasteiger partial charge in [-0.15, -0.1) is 12.4 Å². The molecule has 1 aromatic carbocycles. The fraction of sp³-hybridized carbons (Fsp3) is 0.556. The molecule has 0 spiro atoms. The maximum absolute atomic E-state index is 12.1. The normalized spacial score (nSPS) is 9.96. The van der Waals surface area contributed by atoms with Crippen LogP contribution in [0.3, 0.4) is 0 Å². The van der Waals surface area contributed by atoms with Crippen LogP contribution >= 0.6 is 12.4 Å². The Hall–Kier alpha value is -1.59. The highest BCUT2D eigenvalue weighted by atomic mass is 35.5. The van der Waals surface area contributed by atoms with E-state index in [2.05, 4.69) is 5.32 Å². The number of amides is 2. The number of halogens is 1. The lowest BCUT2D eigenvalue weighted by atomic mass is 10.1. The summed E-state index contributed by atoms with van der Waals surface area (Å²) in [4.78, 5) is 25.4. The number of carbonyl (C=O) groups excluding carboxylic acids is 2. The zero-order valence-corrected chi connectivity index (χ0v) is 15.5. The molecular weight excluding hydrogens is 326 g/mol. The number of nitrogens with zero attached hydrogens (tertiary/aromatic N) is 1. The van der Waals surface area contributed by atoms with Crippen LogP contribution in [0, 0.1) is 0 Å². The van der Waals surface area contributed by atoms with Gasteiger partial charge in [-0.3, -0.25) is 9.59 Å². The Kier molecular flexibility index (Phi) is 11.9. The molecular formula is C18H30ClN3O2. The van der Waals surface area contributed by atoms with E-state index in [1.165, 1.54) is 0 Å². The number of anilines is 1. The van der Waals surface area contributed by atoms with Gasteiger partial charge in [-0.1, -0.05) is 31.0 Å². The Morgan fingerprint density at radius 2 is 1.79 bits per heavy atom. The van der Waals surface area contributed by atoms with Crippen LogP contribution < -0.4 is 11.1 Å². The largest absolute Gasteiger partial charge is 0.339 e. The highest BCUT2D eigenvalue weighted by molar-refractivity contribution is 5.91. The first kappa shape index (κ1) is 22.4. The minimum atomic E-state index is 0. The number of rotatable bonds is 10. The third-order valence-electron chi connectivity index (χ3n) is 3.84. The average Bonchev–Trinajstić information content (AvgIpc) is 2.53. The molecule has 0 saturated carbocycles. The summed E-state index contributed by atoms with van der Waals surface area (Å²) in [5.74, 6) is 0.0598. The highest BCUT2D eigenvalue weighted by Gasteiger charge is 2.11. The summed E-state index contributed by atoms with van der Waals surface area (Å²) in [7, 11) is 0. The summed E-state index contributed by atoms with van der Waals surface area (Å²) >= 11 is 0. The fourth-order valence-electron chi connectivity index (χ4n) is 2.43. The van der Waals surface area contributed by atoms with Crippen molar-refractivity contribution in [2.75, 3.05) is 18.4 Å². The number of unbranched alkanes of at least 4 members (excludes halogenated alkanes) is 3. The highest BCUT2D eigenvalue weighted by Crippen LogP contribution is 2.18. The van der Waals surface area contributed by atoms with Gasteiger partial charge < -0.3 is 16.0 Å². The molecule has 3 N–H and O–H groups in total. The molecule has 6 heteroatoms. The van der Waals surface area contributed by atoms with Gasteiger partial charge in [0.05, 0.1) is 0 Å². The maximum Gasteiger partial charge on any atom is 0.224 e. The van der Waals surface area contributed by atoms with Crippen molar-refractivity contribution in [3.63, 3.8) is 0 Å². The van der Waals surface area contributed by atoms with Gasteiger partial charge in [0.1, 0.15) is 0 Å². The van der Waals surface area contributed by atoms with Crippen molar-refractivity contribution < 1.29 is 9.59 Å². The minimum absolute atomic E-state index is 0. The van der Waals surface area contributed by atoms with Crippen LogP contribution in [0.4, 0.5) is 5.69 Å². The van der Waals surface area contributed by atoms with Gasteiger partial charge in [-0.25, -0.2) is 0 Å². The molecule has 0 aliphatic rings. The number of benzene rings is 1. The van der Waals surface area contributed by atoms with Gasteiger partial charge in [-0.2, -0.15) is 0 Å². The van der Waals surface area contributed by atoms with Crippen LogP contribution in [0.1, 0.15) is 51.5 Å². The van der Waals surface area contributed by atoms with Crippen molar-refractivity contribution in [3.8, 4) is 0 Å². The molecule has 0 atom stereocenters. The standard InChI is InChI=1S/C18H29N3O2.ClH/c1-3-21(15(2)22)14-16-10-7-8-11-17(16)20-18(23)12-6-4-5-9-13-19;/h7-8,10-11H,3-6,9,12-14,19H2,1-2H3,(H,20,23);1H. The first-order valence-electron chi connectivity index (χ1n) is 8.41. The van der Waals surface area contributed by atoms with Crippen LogP contribution in [-0.2, 0) is 16.1 Å². The van der Waals surface area contributed by atoms with E-state index >= 15 is 0 Å². The quantitative estimate of drug-likeness (QED) is 0.632. The number of hydrogen-bond donors (Lipinski definition) is 2. The van der Waals surface area contributed by atoms with Crippen molar-refractivity contribution >= 4 is 29.9 Å². The Labute approximate surface area is 151 Å². The molecule has 1 aromatic rings. The van der Waals surface area contributed by atoms with E-state index < -0.39 is 0 Å². The minimum Gasteiger partial charge on any atom is -0.339 e. The molecule has 136 valence electrons. The number of nitrogens with two attached hydrogens (primary N) is 1. The van der Waals surface area contributed by atoms with E-state index in [9.17, 15) is 9.59 Å². The molecule has 0 saturated heterocycles. The van der Waals surface area contributed by atoms with Gasteiger partial charge >= 0.3 is 0 Å². The van der Waals surface area contributed by atoms with Gasteiger partial charge in [-0.05, 0) is 37.9 Å². The van der Waals surface area contributed by atoms with Crippen LogP contribution in [0.5, 0.6) is 0 Å². The third-order valence-corrected chi connectivity index (χ3v) is 3.84. The molecule has 0 aromatic heterocycles. The number of para-hydroxylation sites is 1. The Morgan fingerprint density at radius 1 is 1.12 bits per heavy atom. The van der Waals surface area contributed by atoms with Crippen LogP contribution in [-0.4, -0.2) is 29.8 Å². The van der Waals surface area contributed by atoms with E-state index in [4.69, 9.17) is 5.73 Å². The zero-order valence-electron chi connectivity index (χ0n) is 14.7. The van der Waals surface area contributed by atoms with Crippen LogP contribution in [0.25, 0.3) is 0 Å². The summed E-state index contributed by atoms with van der Waals surface area (Å²) in [6.07, 6.45) is 4.51. The Balaban J connectivity index is 0.00000529. The lowest BCUT2D eigenvalue weighted by Crippen LogP contribution is -2.28. The van der Waals surface area contributed by atoms with Gasteiger partial charge in [0.25, 0.3) is 0 Å². The molecule has 0 heterocycles. The van der Waals surface area contributed by atoms with Crippen molar-refractivity contribution in [2.24, 2.45) is 5.73 Å². The molecule has 5 nitrogen and oxygen atoms in total. The molecule has 0 radical (unpaired) electrons. The molecule has 0 unspecified atom stereocenters. The summed E-state index contributed by atoms with van der Waals surface area (Å²) in [6, 6.07) is 7.65. The van der Waals surface area contributed by atoms with E-state index in [-0.39, 0.29) is 24.2 Å². The summed E-state index contributed by atoms with van der Waals surface area (Å²) in [5.41, 5.74) is 7.20. The molecule has 0 fully saturated rings. The first-order valence-corrected chi connectivity index (χ1v) is 8.41. The molecule has 0 aliphatic heterocycles. The number of nitrogens with one attached hydrogen (secondary N) is 1. The van der Waals surface area contributed by atoms with E-state index in [0.29, 0.717) is 26.1 Å². The number of hydrogen-bond acceptors (Lipinski definition) is 3. The van der Waals surface area contributed by atoms with Gasteiger partial charge in [0.2, 0.25) is 11.8 Å². The van der Waals surface area contributed by atoms with E-state index in [1.807, 2.05) is 31.2 Å². The molecule has 24 heavy (non-hydrogen) atoms. The predicted molar refractivity (Wildman–Crippen MR) is 101 cm³/mol. The first-order chi connectivity index (χ1) is 11.1. The van der Waals surface area contributed by atoms with Crippen molar-refractivity contribution in [3.05, 3.63) is 29.8 Å². The summed E-state index contributed by atoms with van der Waals surface area (Å²) < 4.78 is 0. The smallest absolute Gasteiger partial charge is 0.224 e. The summed E-state index contributed by atoms with van der Waals surface area (Å²) in [6.45, 7) is 5.39. The number of carbonyl (C=O) groups is 2. The van der Waals surface area contributed by atoms with Crippen molar-refractivity contribution in [1.82, 2.24) is 4.90 Å². The van der Waals surface area contributed by atoms with Crippen molar-refractivity contribution in [1.29, 1.82) is 0 Å². The maximum atomic E-state index is 12.1. The summed E-state index contributed by atoms with van der Waals surface area (Å²) in [5, 5.41) is 2.97. The predicted octanol–water partition coefficient (Wildman–Crippen LogP) is 3.32. The molecule has 0 aliphatic carbocycles. The second-order valence-electron chi connectivity index (χ2n) is 5.69. The monoisotopic (exact) mass is 355 g/mol. The van der Waals surface area contributed by atoms with Crippen LogP contribution in [0.15, 0.2) is 24.3 Å². The molecule has 0 bridgehead atoms. The average molecular weight is 356 g/mol. The van der Waals surface area contributed by atoms with E-state index in [0.717, 1.165) is 36.9 Å². The lowest BCUT2D eigenvalue weighted by molar-refractivity contribution is -0.129. The zero-order chi connectivity index (χ0) is 17.1. The molecule has 2 amide bonds. The SMILES string of the molecule is CCN(Cc1ccccc1NC(=O)CCCCCCN)C(C)=O.Cl. The second kappa shape index (κ2) is 12.8. The van der Waals surface area contributed by atoms with E-state index in [1.54, 1.807) is 11.8 Å². The Morgan fingerprint density at radius 3 is 2.42 bits per heavy atom. The fourth-order valence-corrected chi connectivity index (χ4v) is 2.43.